The summed E-state index contributed by atoms with van der Waals surface area (Å²) in [6.07, 6.45) is 2.42. The van der Waals surface area contributed by atoms with Gasteiger partial charge in [-0.3, -0.25) is 0 Å². The molecule has 0 radical (unpaired) electrons. The molecule has 0 atom stereocenters. The summed E-state index contributed by atoms with van der Waals surface area (Å²) < 4.78 is 0. The van der Waals surface area contributed by atoms with Crippen LogP contribution in [0.4, 0.5) is 5.69 Å². The van der Waals surface area contributed by atoms with Crippen LogP contribution in [0.5, 0.6) is 0 Å². The number of anilines is 1. The van der Waals surface area contributed by atoms with E-state index in [4.69, 9.17) is 0 Å². The molecule has 1 aromatic rings. The molecule has 16 heavy (non-hydrogen) atoms. The average Bonchev–Trinajstić information content (AvgIpc) is 2.28. The molecule has 0 saturated heterocycles. The molecule has 1 rings (SSSR count). The lowest BCUT2D eigenvalue weighted by atomic mass is 10.1. The van der Waals surface area contributed by atoms with Gasteiger partial charge in [-0.25, -0.2) is 0 Å². The first-order valence-corrected chi connectivity index (χ1v) is 7.25. The molecule has 0 aliphatic carbocycles. The van der Waals surface area contributed by atoms with Gasteiger partial charge in [0.1, 0.15) is 0 Å². The highest BCUT2D eigenvalue weighted by Crippen LogP contribution is 2.21. The van der Waals surface area contributed by atoms with Crippen LogP contribution in [-0.4, -0.2) is 13.1 Å². The van der Waals surface area contributed by atoms with Crippen LogP contribution in [0.3, 0.4) is 0 Å². The Kier molecular flexibility index (Phi) is 5.89. The third kappa shape index (κ3) is 3.51. The highest BCUT2D eigenvalue weighted by atomic mass is 79.9. The third-order valence-electron chi connectivity index (χ3n) is 2.82. The zero-order chi connectivity index (χ0) is 12.0. The van der Waals surface area contributed by atoms with Crippen molar-refractivity contribution in [3.8, 4) is 0 Å². The van der Waals surface area contributed by atoms with Gasteiger partial charge >= 0.3 is 0 Å². The van der Waals surface area contributed by atoms with E-state index in [0.717, 1.165) is 18.4 Å². The van der Waals surface area contributed by atoms with Gasteiger partial charge in [0.15, 0.2) is 0 Å². The van der Waals surface area contributed by atoms with Crippen LogP contribution >= 0.6 is 15.9 Å². The zero-order valence-corrected chi connectivity index (χ0v) is 12.2. The molecule has 0 bridgehead atoms. The number of alkyl halides is 1. The number of hydrogen-bond donors (Lipinski definition) is 0. The van der Waals surface area contributed by atoms with Crippen molar-refractivity contribution in [3.63, 3.8) is 0 Å². The molecule has 2 heteroatoms. The van der Waals surface area contributed by atoms with Crippen molar-refractivity contribution >= 4 is 21.6 Å². The maximum Gasteiger partial charge on any atom is 0.0369 e. The van der Waals surface area contributed by atoms with Crippen LogP contribution in [0.25, 0.3) is 0 Å². The SMILES string of the molecule is CCCN(CCC)c1ccc(CBr)c(C)c1. The van der Waals surface area contributed by atoms with Crippen molar-refractivity contribution in [1.29, 1.82) is 0 Å². The van der Waals surface area contributed by atoms with Crippen molar-refractivity contribution in [1.82, 2.24) is 0 Å². The Bertz CT molecular complexity index is 317. The van der Waals surface area contributed by atoms with Gasteiger partial charge in [-0.15, -0.1) is 0 Å². The number of nitrogens with zero attached hydrogens (tertiary/aromatic N) is 1. The lowest BCUT2D eigenvalue weighted by Gasteiger charge is -2.24. The molecule has 1 nitrogen and oxygen atoms in total. The van der Waals surface area contributed by atoms with E-state index in [1.54, 1.807) is 0 Å². The van der Waals surface area contributed by atoms with Crippen molar-refractivity contribution in [2.45, 2.75) is 38.9 Å². The van der Waals surface area contributed by atoms with Crippen LogP contribution < -0.4 is 4.90 Å². The maximum atomic E-state index is 3.52. The van der Waals surface area contributed by atoms with Crippen LogP contribution in [-0.2, 0) is 5.33 Å². The normalized spacial score (nSPS) is 10.5. The fraction of sp³-hybridized carbons (Fsp3) is 0.571. The Morgan fingerprint density at radius 3 is 2.19 bits per heavy atom. The molecule has 0 aliphatic heterocycles. The Morgan fingerprint density at radius 2 is 1.75 bits per heavy atom. The lowest BCUT2D eigenvalue weighted by Crippen LogP contribution is -2.24. The summed E-state index contributed by atoms with van der Waals surface area (Å²) in [5, 5.41) is 0.945. The second-order valence-corrected chi connectivity index (χ2v) is 4.79. The number of benzene rings is 1. The van der Waals surface area contributed by atoms with E-state index in [-0.39, 0.29) is 0 Å². The average molecular weight is 284 g/mol. The van der Waals surface area contributed by atoms with Gasteiger partial charge in [-0.05, 0) is 43.0 Å². The van der Waals surface area contributed by atoms with E-state index in [2.05, 4.69) is 59.8 Å². The monoisotopic (exact) mass is 283 g/mol. The Balaban J connectivity index is 2.87. The van der Waals surface area contributed by atoms with Gasteiger partial charge in [-0.2, -0.15) is 0 Å². The molecule has 0 unspecified atom stereocenters. The van der Waals surface area contributed by atoms with Gasteiger partial charge in [0.05, 0.1) is 0 Å². The summed E-state index contributed by atoms with van der Waals surface area (Å²) in [6.45, 7) is 8.97. The fourth-order valence-corrected chi connectivity index (χ4v) is 2.57. The Hall–Kier alpha value is -0.500. The maximum absolute atomic E-state index is 3.52. The standard InChI is InChI=1S/C14H22BrN/c1-4-8-16(9-5-2)14-7-6-13(11-15)12(3)10-14/h6-7,10H,4-5,8-9,11H2,1-3H3. The smallest absolute Gasteiger partial charge is 0.0369 e. The van der Waals surface area contributed by atoms with Crippen molar-refractivity contribution in [2.75, 3.05) is 18.0 Å². The molecule has 0 amide bonds. The predicted molar refractivity (Wildman–Crippen MR) is 76.6 cm³/mol. The molecule has 0 aromatic heterocycles. The van der Waals surface area contributed by atoms with E-state index in [9.17, 15) is 0 Å². The molecule has 0 aliphatic rings. The fourth-order valence-electron chi connectivity index (χ4n) is 1.94. The van der Waals surface area contributed by atoms with E-state index >= 15 is 0 Å². The largest absolute Gasteiger partial charge is 0.372 e. The molecule has 0 spiro atoms. The van der Waals surface area contributed by atoms with Gasteiger partial charge in [0.25, 0.3) is 0 Å². The van der Waals surface area contributed by atoms with Gasteiger partial charge in [0.2, 0.25) is 0 Å². The van der Waals surface area contributed by atoms with Gasteiger partial charge in [-0.1, -0.05) is 35.8 Å². The molecule has 1 aromatic carbocycles. The van der Waals surface area contributed by atoms with Crippen LogP contribution in [0.2, 0.25) is 0 Å². The van der Waals surface area contributed by atoms with E-state index in [0.29, 0.717) is 0 Å². The first kappa shape index (κ1) is 13.6. The lowest BCUT2D eigenvalue weighted by molar-refractivity contribution is 0.744. The summed E-state index contributed by atoms with van der Waals surface area (Å²) in [6, 6.07) is 6.79. The van der Waals surface area contributed by atoms with E-state index in [1.807, 2.05) is 0 Å². The first-order chi connectivity index (χ1) is 7.72. The topological polar surface area (TPSA) is 3.24 Å². The van der Waals surface area contributed by atoms with Crippen LogP contribution in [0.1, 0.15) is 37.8 Å². The molecule has 0 N–H and O–H groups in total. The second-order valence-electron chi connectivity index (χ2n) is 4.23. The molecule has 0 saturated carbocycles. The molecule has 0 fully saturated rings. The van der Waals surface area contributed by atoms with Crippen molar-refractivity contribution < 1.29 is 0 Å². The molecule has 90 valence electrons. The number of halogens is 1. The minimum absolute atomic E-state index is 0.945. The second kappa shape index (κ2) is 6.95. The van der Waals surface area contributed by atoms with E-state index < -0.39 is 0 Å². The minimum Gasteiger partial charge on any atom is -0.372 e. The molecular weight excluding hydrogens is 262 g/mol. The summed E-state index contributed by atoms with van der Waals surface area (Å²) in [7, 11) is 0. The first-order valence-electron chi connectivity index (χ1n) is 6.13. The highest BCUT2D eigenvalue weighted by Gasteiger charge is 2.06. The van der Waals surface area contributed by atoms with Crippen LogP contribution in [0.15, 0.2) is 18.2 Å². The van der Waals surface area contributed by atoms with Gasteiger partial charge in [0, 0.05) is 24.1 Å². The Morgan fingerprint density at radius 1 is 1.12 bits per heavy atom. The van der Waals surface area contributed by atoms with Crippen LogP contribution in [0, 0.1) is 6.92 Å². The van der Waals surface area contributed by atoms with Crippen molar-refractivity contribution in [2.24, 2.45) is 0 Å². The highest BCUT2D eigenvalue weighted by molar-refractivity contribution is 9.08. The zero-order valence-electron chi connectivity index (χ0n) is 10.6. The summed E-state index contributed by atoms with van der Waals surface area (Å²) >= 11 is 3.52. The van der Waals surface area contributed by atoms with Gasteiger partial charge < -0.3 is 4.90 Å². The quantitative estimate of drug-likeness (QED) is 0.694. The molecular formula is C14H22BrN. The number of hydrogen-bond acceptors (Lipinski definition) is 1. The van der Waals surface area contributed by atoms with Crippen molar-refractivity contribution in [3.05, 3.63) is 29.3 Å². The Labute approximate surface area is 108 Å². The summed E-state index contributed by atoms with van der Waals surface area (Å²) in [5.41, 5.74) is 4.13. The van der Waals surface area contributed by atoms with E-state index in [1.165, 1.54) is 29.7 Å². The summed E-state index contributed by atoms with van der Waals surface area (Å²) in [4.78, 5) is 2.48. The predicted octanol–water partition coefficient (Wildman–Crippen LogP) is 4.52. The number of aryl methyl sites for hydroxylation is 1. The molecule has 0 heterocycles. The minimum atomic E-state index is 0.945. The third-order valence-corrected chi connectivity index (χ3v) is 3.43. The summed E-state index contributed by atoms with van der Waals surface area (Å²) in [5.74, 6) is 0. The number of rotatable bonds is 6.